The number of aliphatic hydroxyl groups is 2. The molecule has 7 nitrogen and oxygen atoms in total. The molecule has 2 spiro atoms. The second-order valence-corrected chi connectivity index (χ2v) is 16.6. The molecule has 2 bridgehead atoms. The van der Waals surface area contributed by atoms with Crippen LogP contribution in [0.2, 0.25) is 0 Å². The summed E-state index contributed by atoms with van der Waals surface area (Å²) in [6.07, 6.45) is 8.05. The summed E-state index contributed by atoms with van der Waals surface area (Å²) in [5, 5.41) is 23.6. The SMILES string of the molecule is C[C@H](CSc1ccccc1)[C@H]1CC[C@@H]2[C@]1(C)CC[C@H]1[C@]23C=C[C@]2(C[C@@H](O)C[C@](C)(O)[C@]12C)n1c(=O)n(-c2ccccc2)c(=O)n13. The second kappa shape index (κ2) is 9.61. The Morgan fingerprint density at radius 3 is 2.24 bits per heavy atom. The van der Waals surface area contributed by atoms with Gasteiger partial charge < -0.3 is 10.2 Å². The first kappa shape index (κ1) is 29.6. The molecule has 0 unspecified atom stereocenters. The minimum atomic E-state index is -1.24. The molecule has 45 heavy (non-hydrogen) atoms. The Kier molecular flexibility index (Phi) is 6.32. The summed E-state index contributed by atoms with van der Waals surface area (Å²) in [7, 11) is 0. The zero-order valence-electron chi connectivity index (χ0n) is 26.7. The van der Waals surface area contributed by atoms with Crippen molar-refractivity contribution in [2.45, 2.75) is 93.9 Å². The van der Waals surface area contributed by atoms with Gasteiger partial charge in [0.25, 0.3) is 0 Å². The zero-order chi connectivity index (χ0) is 31.6. The van der Waals surface area contributed by atoms with Crippen molar-refractivity contribution < 1.29 is 10.2 Å². The van der Waals surface area contributed by atoms with Crippen molar-refractivity contribution in [2.75, 3.05) is 5.75 Å². The van der Waals surface area contributed by atoms with Crippen molar-refractivity contribution in [1.82, 2.24) is 13.9 Å². The van der Waals surface area contributed by atoms with Crippen LogP contribution in [-0.4, -0.2) is 41.6 Å². The highest BCUT2D eigenvalue weighted by atomic mass is 32.2. The zero-order valence-corrected chi connectivity index (χ0v) is 27.5. The van der Waals surface area contributed by atoms with Crippen molar-refractivity contribution in [1.29, 1.82) is 0 Å². The van der Waals surface area contributed by atoms with Gasteiger partial charge >= 0.3 is 11.4 Å². The molecule has 3 fully saturated rings. The second-order valence-electron chi connectivity index (χ2n) is 15.5. The van der Waals surface area contributed by atoms with E-state index in [1.807, 2.05) is 53.7 Å². The van der Waals surface area contributed by atoms with E-state index in [9.17, 15) is 19.8 Å². The van der Waals surface area contributed by atoms with E-state index in [0.29, 0.717) is 23.9 Å². The van der Waals surface area contributed by atoms with E-state index in [1.54, 1.807) is 4.68 Å². The van der Waals surface area contributed by atoms with E-state index in [0.717, 1.165) is 31.4 Å². The number of nitrogens with zero attached hydrogens (tertiary/aromatic N) is 3. The molecule has 9 rings (SSSR count). The maximum atomic E-state index is 14.8. The number of allylic oxidation sites excluding steroid dienone is 2. The number of hydrogen-bond donors (Lipinski definition) is 2. The Hall–Kier alpha value is -2.81. The van der Waals surface area contributed by atoms with Gasteiger partial charge in [0.05, 0.1) is 28.5 Å². The average Bonchev–Trinajstić information content (AvgIpc) is 3.52. The van der Waals surface area contributed by atoms with Crippen LogP contribution in [0, 0.1) is 34.5 Å². The predicted molar refractivity (Wildman–Crippen MR) is 177 cm³/mol. The number of rotatable bonds is 5. The number of hydrogen-bond acceptors (Lipinski definition) is 5. The van der Waals surface area contributed by atoms with Crippen LogP contribution in [0.3, 0.4) is 0 Å². The van der Waals surface area contributed by atoms with E-state index in [2.05, 4.69) is 63.3 Å². The fourth-order valence-electron chi connectivity index (χ4n) is 11.7. The van der Waals surface area contributed by atoms with Gasteiger partial charge in [-0.05, 0) is 86.0 Å². The number of para-hydroxylation sites is 1. The molecule has 1 aromatic heterocycles. The topological polar surface area (TPSA) is 89.4 Å². The minimum Gasteiger partial charge on any atom is -0.393 e. The smallest absolute Gasteiger partial charge is 0.352 e. The molecule has 10 atom stereocenters. The molecule has 3 aromatic rings. The molecule has 3 heterocycles. The van der Waals surface area contributed by atoms with Crippen LogP contribution < -0.4 is 11.4 Å². The summed E-state index contributed by atoms with van der Waals surface area (Å²) in [6, 6.07) is 19.8. The number of fused-ring (bicyclic) bond motifs is 1. The third kappa shape index (κ3) is 3.51. The summed E-state index contributed by atoms with van der Waals surface area (Å²) < 4.78 is 4.85. The summed E-state index contributed by atoms with van der Waals surface area (Å²) >= 11 is 1.92. The van der Waals surface area contributed by atoms with Gasteiger partial charge in [-0.3, -0.25) is 0 Å². The Balaban J connectivity index is 1.32. The van der Waals surface area contributed by atoms with Crippen molar-refractivity contribution >= 4 is 11.8 Å². The van der Waals surface area contributed by atoms with Gasteiger partial charge in [0.15, 0.2) is 0 Å². The molecule has 4 aliphatic carbocycles. The molecule has 2 aromatic carbocycles. The number of thioether (sulfide) groups is 1. The molecule has 8 heteroatoms. The van der Waals surface area contributed by atoms with E-state index < -0.39 is 28.2 Å². The normalized spacial score (nSPS) is 41.6. The Morgan fingerprint density at radius 2 is 1.53 bits per heavy atom. The molecule has 0 amide bonds. The molecular weight excluding hydrogens is 582 g/mol. The molecule has 0 saturated heterocycles. The summed E-state index contributed by atoms with van der Waals surface area (Å²) in [5.41, 5.74) is -3.99. The third-order valence-corrected chi connectivity index (χ3v) is 15.0. The van der Waals surface area contributed by atoms with Gasteiger partial charge in [-0.25, -0.2) is 23.5 Å². The summed E-state index contributed by atoms with van der Waals surface area (Å²) in [5.74, 6) is 2.05. The van der Waals surface area contributed by atoms with Crippen LogP contribution in [0.5, 0.6) is 0 Å². The largest absolute Gasteiger partial charge is 0.393 e. The van der Waals surface area contributed by atoms with Crippen LogP contribution in [0.1, 0.15) is 66.2 Å². The van der Waals surface area contributed by atoms with Crippen molar-refractivity contribution in [3.8, 4) is 5.69 Å². The van der Waals surface area contributed by atoms with E-state index in [1.165, 1.54) is 9.46 Å². The Morgan fingerprint density at radius 1 is 0.867 bits per heavy atom. The number of aromatic nitrogens is 3. The van der Waals surface area contributed by atoms with Crippen LogP contribution >= 0.6 is 11.8 Å². The highest BCUT2D eigenvalue weighted by Gasteiger charge is 2.79. The molecular formula is C37H45N3O4S. The molecule has 2 aliphatic heterocycles. The Bertz CT molecular complexity index is 1790. The lowest BCUT2D eigenvalue weighted by Gasteiger charge is -2.74. The van der Waals surface area contributed by atoms with Crippen LogP contribution in [0.4, 0.5) is 0 Å². The molecule has 6 aliphatic rings. The van der Waals surface area contributed by atoms with Gasteiger partial charge in [0.1, 0.15) is 0 Å². The predicted octanol–water partition coefficient (Wildman–Crippen LogP) is 5.56. The molecule has 238 valence electrons. The van der Waals surface area contributed by atoms with E-state index >= 15 is 0 Å². The Labute approximate surface area is 269 Å². The van der Waals surface area contributed by atoms with Gasteiger partial charge in [-0.1, -0.05) is 69.3 Å². The lowest BCUT2D eigenvalue weighted by molar-refractivity contribution is -0.272. The van der Waals surface area contributed by atoms with Crippen molar-refractivity contribution in [3.05, 3.63) is 93.8 Å². The van der Waals surface area contributed by atoms with E-state index in [-0.39, 0.29) is 35.1 Å². The van der Waals surface area contributed by atoms with Gasteiger partial charge in [0, 0.05) is 28.9 Å². The molecule has 3 saturated carbocycles. The van der Waals surface area contributed by atoms with Crippen LogP contribution in [-0.2, 0) is 11.1 Å². The third-order valence-electron chi connectivity index (χ3n) is 13.7. The average molecular weight is 628 g/mol. The number of benzene rings is 2. The standard InChI is InChI=1S/C37H45N3O4S/c1-24(23-45-27-13-9-6-10-14-27)28-15-16-29-33(28,2)18-17-30-35(4)34(3,44)21-26(41)22-36(35)19-20-37(29,30)40-32(43)38(31(42)39(36)40)25-11-7-5-8-12-25/h5-14,19-20,24,26,28-30,41,44H,15-18,21-23H2,1-4H3/t24-,26+,28-,29-,30-,33-,34+,35+,36-,37+/m1/s1. The van der Waals surface area contributed by atoms with Gasteiger partial charge in [0.2, 0.25) is 0 Å². The van der Waals surface area contributed by atoms with Crippen LogP contribution in [0.15, 0.2) is 87.3 Å². The first-order valence-electron chi connectivity index (χ1n) is 16.7. The number of aliphatic hydroxyl groups excluding tert-OH is 1. The minimum absolute atomic E-state index is 0.0413. The quantitative estimate of drug-likeness (QED) is 0.286. The lowest BCUT2D eigenvalue weighted by Crippen LogP contribution is -2.81. The maximum absolute atomic E-state index is 14.8. The van der Waals surface area contributed by atoms with Crippen molar-refractivity contribution in [2.24, 2.45) is 34.5 Å². The van der Waals surface area contributed by atoms with Crippen molar-refractivity contribution in [3.63, 3.8) is 0 Å². The first-order chi connectivity index (χ1) is 21.4. The highest BCUT2D eigenvalue weighted by molar-refractivity contribution is 7.99. The van der Waals surface area contributed by atoms with Gasteiger partial charge in [-0.15, -0.1) is 11.8 Å². The summed E-state index contributed by atoms with van der Waals surface area (Å²) in [4.78, 5) is 30.8. The van der Waals surface area contributed by atoms with Crippen LogP contribution in [0.25, 0.3) is 5.69 Å². The fraction of sp³-hybridized carbons (Fsp3) is 0.568. The molecule has 0 radical (unpaired) electrons. The highest BCUT2D eigenvalue weighted by Crippen LogP contribution is 2.75. The maximum Gasteiger partial charge on any atom is 0.352 e. The lowest BCUT2D eigenvalue weighted by atomic mass is 9.37. The molecule has 2 N–H and O–H groups in total. The van der Waals surface area contributed by atoms with E-state index in [4.69, 9.17) is 0 Å². The first-order valence-corrected chi connectivity index (χ1v) is 17.7. The van der Waals surface area contributed by atoms with Gasteiger partial charge in [-0.2, -0.15) is 0 Å². The fourth-order valence-corrected chi connectivity index (χ4v) is 12.8. The monoisotopic (exact) mass is 627 g/mol. The summed E-state index contributed by atoms with van der Waals surface area (Å²) in [6.45, 7) is 8.84.